The van der Waals surface area contributed by atoms with E-state index in [0.29, 0.717) is 36.2 Å². The highest BCUT2D eigenvalue weighted by Gasteiger charge is 2.33. The van der Waals surface area contributed by atoms with E-state index in [2.05, 4.69) is 44.0 Å². The Labute approximate surface area is 221 Å². The van der Waals surface area contributed by atoms with Gasteiger partial charge in [0.1, 0.15) is 29.7 Å². The van der Waals surface area contributed by atoms with E-state index in [1.807, 2.05) is 0 Å². The normalized spacial score (nSPS) is 14.6. The lowest BCUT2D eigenvalue weighted by Gasteiger charge is -2.32. The van der Waals surface area contributed by atoms with Gasteiger partial charge in [0.05, 0.1) is 16.9 Å². The van der Waals surface area contributed by atoms with Gasteiger partial charge in [-0.3, -0.25) is 9.69 Å². The van der Waals surface area contributed by atoms with E-state index in [9.17, 15) is 22.4 Å². The van der Waals surface area contributed by atoms with Gasteiger partial charge in [0, 0.05) is 49.8 Å². The lowest BCUT2D eigenvalue weighted by molar-refractivity contribution is -0.140. The molecule has 3 aromatic rings. The van der Waals surface area contributed by atoms with Gasteiger partial charge < -0.3 is 19.9 Å². The SMILES string of the molecule is CN1CCN(CCOc2ccc(-c3ncc(C(F)(F)F)[nH]3)cc2NC(=O)C#Cc2ccc(F)c(Cl)c2)CC1. The Bertz CT molecular complexity index is 1360. The first-order valence-electron chi connectivity index (χ1n) is 11.7. The third-order valence-electron chi connectivity index (χ3n) is 5.88. The molecule has 38 heavy (non-hydrogen) atoms. The fraction of sp³-hybridized carbons (Fsp3) is 0.308. The molecule has 7 nitrogen and oxygen atoms in total. The molecule has 0 unspecified atom stereocenters. The van der Waals surface area contributed by atoms with Gasteiger partial charge in [-0.2, -0.15) is 13.2 Å². The predicted molar refractivity (Wildman–Crippen MR) is 135 cm³/mol. The molecule has 0 radical (unpaired) electrons. The van der Waals surface area contributed by atoms with Gasteiger partial charge in [0.25, 0.3) is 0 Å². The first-order valence-corrected chi connectivity index (χ1v) is 12.0. The summed E-state index contributed by atoms with van der Waals surface area (Å²) in [7, 11) is 2.06. The summed E-state index contributed by atoms with van der Waals surface area (Å²) in [4.78, 5) is 23.1. The van der Waals surface area contributed by atoms with E-state index in [0.717, 1.165) is 32.2 Å². The number of piperazine rings is 1. The number of aromatic amines is 1. The number of benzene rings is 2. The van der Waals surface area contributed by atoms with Gasteiger partial charge in [0.2, 0.25) is 0 Å². The predicted octanol–water partition coefficient (Wildman–Crippen LogP) is 4.50. The number of ether oxygens (including phenoxy) is 1. The lowest BCUT2D eigenvalue weighted by atomic mass is 10.1. The molecule has 200 valence electrons. The second-order valence-corrected chi connectivity index (χ2v) is 9.09. The summed E-state index contributed by atoms with van der Waals surface area (Å²) in [6.45, 7) is 4.73. The van der Waals surface area contributed by atoms with Crippen LogP contribution in [0.3, 0.4) is 0 Å². The zero-order valence-corrected chi connectivity index (χ0v) is 21.1. The molecule has 12 heteroatoms. The molecule has 1 fully saturated rings. The van der Waals surface area contributed by atoms with Crippen molar-refractivity contribution in [1.82, 2.24) is 19.8 Å². The van der Waals surface area contributed by atoms with E-state index < -0.39 is 23.6 Å². The van der Waals surface area contributed by atoms with Crippen LogP contribution >= 0.6 is 11.6 Å². The molecule has 0 saturated carbocycles. The van der Waals surface area contributed by atoms with Crippen LogP contribution in [0.25, 0.3) is 11.4 Å². The first kappa shape index (κ1) is 27.4. The fourth-order valence-corrected chi connectivity index (χ4v) is 3.91. The van der Waals surface area contributed by atoms with Gasteiger partial charge in [0.15, 0.2) is 0 Å². The van der Waals surface area contributed by atoms with Gasteiger partial charge in [-0.15, -0.1) is 0 Å². The van der Waals surface area contributed by atoms with Crippen LogP contribution in [0.1, 0.15) is 11.3 Å². The van der Waals surface area contributed by atoms with E-state index in [-0.39, 0.29) is 16.5 Å². The largest absolute Gasteiger partial charge is 0.490 e. The molecular formula is C26H24ClF4N5O2. The van der Waals surface area contributed by atoms with Crippen molar-refractivity contribution < 1.29 is 27.1 Å². The van der Waals surface area contributed by atoms with Crippen LogP contribution in [0.2, 0.25) is 5.02 Å². The van der Waals surface area contributed by atoms with Crippen LogP contribution < -0.4 is 10.1 Å². The first-order chi connectivity index (χ1) is 18.1. The molecule has 4 rings (SSSR count). The highest BCUT2D eigenvalue weighted by atomic mass is 35.5. The molecule has 1 saturated heterocycles. The van der Waals surface area contributed by atoms with Crippen LogP contribution in [0.4, 0.5) is 23.2 Å². The maximum atomic E-state index is 13.4. The van der Waals surface area contributed by atoms with Crippen LogP contribution in [-0.4, -0.2) is 72.1 Å². The highest BCUT2D eigenvalue weighted by molar-refractivity contribution is 6.30. The Morgan fingerprint density at radius 2 is 1.95 bits per heavy atom. The third-order valence-corrected chi connectivity index (χ3v) is 6.17. The van der Waals surface area contributed by atoms with Crippen molar-refractivity contribution in [3.8, 4) is 29.0 Å². The van der Waals surface area contributed by atoms with E-state index in [1.165, 1.54) is 18.2 Å². The maximum Gasteiger partial charge on any atom is 0.432 e. The summed E-state index contributed by atoms with van der Waals surface area (Å²) in [6.07, 6.45) is -3.87. The quantitative estimate of drug-likeness (QED) is 0.350. The van der Waals surface area contributed by atoms with E-state index in [1.54, 1.807) is 12.1 Å². The van der Waals surface area contributed by atoms with Crippen molar-refractivity contribution in [2.45, 2.75) is 6.18 Å². The molecule has 2 heterocycles. The van der Waals surface area contributed by atoms with Crippen LogP contribution in [0.5, 0.6) is 5.75 Å². The van der Waals surface area contributed by atoms with E-state index >= 15 is 0 Å². The number of carbonyl (C=O) groups is 1. The zero-order valence-electron chi connectivity index (χ0n) is 20.3. The molecule has 0 aliphatic carbocycles. The Morgan fingerprint density at radius 1 is 1.18 bits per heavy atom. The number of likely N-dealkylation sites (N-methyl/N-ethyl adjacent to an activating group) is 1. The molecule has 0 spiro atoms. The van der Waals surface area contributed by atoms with Crippen molar-refractivity contribution in [1.29, 1.82) is 0 Å². The number of imidazole rings is 1. The second-order valence-electron chi connectivity index (χ2n) is 8.68. The highest BCUT2D eigenvalue weighted by Crippen LogP contribution is 2.33. The van der Waals surface area contributed by atoms with Crippen molar-refractivity contribution in [3.05, 3.63) is 64.7 Å². The zero-order chi connectivity index (χ0) is 27.3. The number of aromatic nitrogens is 2. The van der Waals surface area contributed by atoms with Gasteiger partial charge in [-0.1, -0.05) is 17.5 Å². The van der Waals surface area contributed by atoms with Gasteiger partial charge >= 0.3 is 12.1 Å². The minimum Gasteiger partial charge on any atom is -0.490 e. The number of alkyl halides is 3. The molecule has 2 aromatic carbocycles. The summed E-state index contributed by atoms with van der Waals surface area (Å²) in [5.74, 6) is 3.98. The molecule has 0 atom stereocenters. The number of rotatable bonds is 6. The smallest absolute Gasteiger partial charge is 0.432 e. The van der Waals surface area contributed by atoms with Gasteiger partial charge in [-0.05, 0) is 43.4 Å². The maximum absolute atomic E-state index is 13.4. The Balaban J connectivity index is 1.52. The number of H-pyrrole nitrogens is 1. The number of amides is 1. The molecule has 1 amide bonds. The lowest BCUT2D eigenvalue weighted by Crippen LogP contribution is -2.45. The Kier molecular flexibility index (Phi) is 8.56. The van der Waals surface area contributed by atoms with E-state index in [4.69, 9.17) is 16.3 Å². The number of nitrogens with one attached hydrogen (secondary N) is 2. The summed E-state index contributed by atoms with van der Waals surface area (Å²) in [5.41, 5.74) is -0.142. The summed E-state index contributed by atoms with van der Waals surface area (Å²) >= 11 is 5.75. The Morgan fingerprint density at radius 3 is 2.63 bits per heavy atom. The van der Waals surface area contributed by atoms with Crippen molar-refractivity contribution in [2.24, 2.45) is 0 Å². The topological polar surface area (TPSA) is 73.5 Å². The molecule has 1 aliphatic heterocycles. The van der Waals surface area contributed by atoms with Gasteiger partial charge in [-0.25, -0.2) is 9.37 Å². The third kappa shape index (κ3) is 7.25. The second kappa shape index (κ2) is 11.9. The molecule has 0 bridgehead atoms. The number of hydrogen-bond acceptors (Lipinski definition) is 5. The number of anilines is 1. The summed E-state index contributed by atoms with van der Waals surface area (Å²) in [5, 5.41) is 2.49. The number of nitrogens with zero attached hydrogens (tertiary/aromatic N) is 3. The monoisotopic (exact) mass is 549 g/mol. The molecule has 1 aromatic heterocycles. The Hall–Kier alpha value is -3.59. The minimum atomic E-state index is -4.58. The summed E-state index contributed by atoms with van der Waals surface area (Å²) < 4.78 is 58.3. The van der Waals surface area contributed by atoms with Crippen LogP contribution in [0, 0.1) is 17.7 Å². The van der Waals surface area contributed by atoms with Crippen LogP contribution in [-0.2, 0) is 11.0 Å². The average Bonchev–Trinajstić information content (AvgIpc) is 3.38. The van der Waals surface area contributed by atoms with Crippen molar-refractivity contribution in [2.75, 3.05) is 51.7 Å². The minimum absolute atomic E-state index is 0.0242. The summed E-state index contributed by atoms with van der Waals surface area (Å²) in [6, 6.07) is 8.37. The van der Waals surface area contributed by atoms with Crippen molar-refractivity contribution >= 4 is 23.2 Å². The molecule has 1 aliphatic rings. The fourth-order valence-electron chi connectivity index (χ4n) is 3.73. The van der Waals surface area contributed by atoms with Crippen molar-refractivity contribution in [3.63, 3.8) is 0 Å². The number of hydrogen-bond donors (Lipinski definition) is 2. The average molecular weight is 550 g/mol. The molecule has 2 N–H and O–H groups in total. The number of halogens is 5. The standard InChI is InChI=1S/C26H24ClF4N5O2/c1-35-8-10-36(11-9-35)12-13-38-22-6-4-18(25-32-16-23(34-25)26(29,30)31)15-21(22)33-24(37)7-3-17-2-5-20(28)19(27)14-17/h2,4-6,14-16H,8-13H2,1H3,(H,32,34)(H,33,37). The molecular weight excluding hydrogens is 526 g/mol. The number of carbonyl (C=O) groups excluding carboxylic acids is 1. The van der Waals surface area contributed by atoms with Crippen LogP contribution in [0.15, 0.2) is 42.6 Å².